The molecule has 0 heterocycles. The zero-order valence-corrected chi connectivity index (χ0v) is 19.3. The summed E-state index contributed by atoms with van der Waals surface area (Å²) in [7, 11) is 0. The van der Waals surface area contributed by atoms with Crippen LogP contribution < -0.4 is 15.1 Å². The molecular formula is C29H25N3O3. The van der Waals surface area contributed by atoms with Gasteiger partial charge < -0.3 is 4.74 Å². The Kier molecular flexibility index (Phi) is 7.66. The zero-order chi connectivity index (χ0) is 24.5. The van der Waals surface area contributed by atoms with Crippen LogP contribution in [0.25, 0.3) is 0 Å². The highest BCUT2D eigenvalue weighted by molar-refractivity contribution is 6.09. The van der Waals surface area contributed by atoms with Crippen LogP contribution in [0.5, 0.6) is 11.5 Å². The van der Waals surface area contributed by atoms with Gasteiger partial charge in [-0.15, -0.1) is 0 Å². The van der Waals surface area contributed by atoms with Gasteiger partial charge >= 0.3 is 0 Å². The molecule has 35 heavy (non-hydrogen) atoms. The van der Waals surface area contributed by atoms with Gasteiger partial charge in [-0.05, 0) is 60.5 Å². The number of hydrogen-bond donors (Lipinski definition) is 1. The molecule has 0 spiro atoms. The third-order valence-corrected chi connectivity index (χ3v) is 5.21. The number of amides is 2. The van der Waals surface area contributed by atoms with Gasteiger partial charge in [0, 0.05) is 11.3 Å². The Labute approximate surface area is 204 Å². The van der Waals surface area contributed by atoms with Crippen LogP contribution in [0.4, 0.5) is 5.69 Å². The van der Waals surface area contributed by atoms with Crippen molar-refractivity contribution >= 4 is 23.7 Å². The number of carbonyl (C=O) groups excluding carboxylic acids is 2. The predicted molar refractivity (Wildman–Crippen MR) is 138 cm³/mol. The summed E-state index contributed by atoms with van der Waals surface area (Å²) in [5.41, 5.74) is 5.35. The molecule has 0 aliphatic carbocycles. The molecule has 0 bridgehead atoms. The lowest BCUT2D eigenvalue weighted by molar-refractivity contribution is -0.119. The first kappa shape index (κ1) is 23.4. The lowest BCUT2D eigenvalue weighted by Crippen LogP contribution is -2.40. The molecule has 174 valence electrons. The summed E-state index contributed by atoms with van der Waals surface area (Å²) in [6.45, 7) is 1.73. The van der Waals surface area contributed by atoms with Crippen LogP contribution in [0.15, 0.2) is 114 Å². The third kappa shape index (κ3) is 6.42. The van der Waals surface area contributed by atoms with Crippen LogP contribution in [0, 0.1) is 6.92 Å². The van der Waals surface area contributed by atoms with Crippen molar-refractivity contribution in [2.45, 2.75) is 6.92 Å². The van der Waals surface area contributed by atoms with Crippen molar-refractivity contribution < 1.29 is 14.3 Å². The van der Waals surface area contributed by atoms with Crippen molar-refractivity contribution in [3.8, 4) is 11.5 Å². The average molecular weight is 464 g/mol. The number of ether oxygens (including phenoxy) is 1. The second kappa shape index (κ2) is 11.4. The Balaban J connectivity index is 1.44. The SMILES string of the molecule is Cc1ccccc1N(CC(=O)N/N=C\c1cccc(Oc2ccccc2)c1)C(=O)c1ccccc1. The summed E-state index contributed by atoms with van der Waals surface area (Å²) in [5.74, 6) is 0.718. The van der Waals surface area contributed by atoms with Crippen molar-refractivity contribution in [2.75, 3.05) is 11.4 Å². The van der Waals surface area contributed by atoms with Crippen LogP contribution in [-0.4, -0.2) is 24.6 Å². The van der Waals surface area contributed by atoms with Gasteiger partial charge in [0.15, 0.2) is 0 Å². The van der Waals surface area contributed by atoms with Crippen LogP contribution in [0.2, 0.25) is 0 Å². The van der Waals surface area contributed by atoms with E-state index in [0.717, 1.165) is 16.9 Å². The molecule has 0 saturated carbocycles. The van der Waals surface area contributed by atoms with Gasteiger partial charge in [-0.2, -0.15) is 5.10 Å². The van der Waals surface area contributed by atoms with Gasteiger partial charge in [-0.1, -0.05) is 66.7 Å². The topological polar surface area (TPSA) is 71.0 Å². The number of rotatable bonds is 8. The molecule has 4 rings (SSSR count). The van der Waals surface area contributed by atoms with Gasteiger partial charge in [-0.25, -0.2) is 5.43 Å². The van der Waals surface area contributed by atoms with Crippen molar-refractivity contribution in [3.05, 3.63) is 126 Å². The number of hydrazone groups is 1. The van der Waals surface area contributed by atoms with E-state index in [9.17, 15) is 9.59 Å². The van der Waals surface area contributed by atoms with Crippen molar-refractivity contribution in [1.29, 1.82) is 0 Å². The fraction of sp³-hybridized carbons (Fsp3) is 0.0690. The molecule has 0 atom stereocenters. The maximum atomic E-state index is 13.2. The molecule has 0 radical (unpaired) electrons. The summed E-state index contributed by atoms with van der Waals surface area (Å²) in [6.07, 6.45) is 1.53. The minimum atomic E-state index is -0.412. The molecule has 0 fully saturated rings. The number of nitrogens with zero attached hydrogens (tertiary/aromatic N) is 2. The Morgan fingerprint density at radius 3 is 2.23 bits per heavy atom. The first-order valence-corrected chi connectivity index (χ1v) is 11.2. The monoisotopic (exact) mass is 463 g/mol. The Morgan fingerprint density at radius 2 is 1.49 bits per heavy atom. The maximum Gasteiger partial charge on any atom is 0.260 e. The Morgan fingerprint density at radius 1 is 0.829 bits per heavy atom. The molecule has 0 aliphatic heterocycles. The van der Waals surface area contributed by atoms with Crippen LogP contribution >= 0.6 is 0 Å². The first-order valence-electron chi connectivity index (χ1n) is 11.2. The predicted octanol–water partition coefficient (Wildman–Crippen LogP) is 5.58. The van der Waals surface area contributed by atoms with Crippen molar-refractivity contribution in [2.24, 2.45) is 5.10 Å². The lowest BCUT2D eigenvalue weighted by atomic mass is 10.1. The smallest absolute Gasteiger partial charge is 0.260 e. The highest BCUT2D eigenvalue weighted by Crippen LogP contribution is 2.22. The number of carbonyl (C=O) groups is 2. The molecule has 6 heteroatoms. The fourth-order valence-electron chi connectivity index (χ4n) is 3.51. The van der Waals surface area contributed by atoms with E-state index in [1.165, 1.54) is 11.1 Å². The van der Waals surface area contributed by atoms with Crippen molar-refractivity contribution in [1.82, 2.24) is 5.43 Å². The second-order valence-electron chi connectivity index (χ2n) is 7.82. The maximum absolute atomic E-state index is 13.2. The molecular weight excluding hydrogens is 438 g/mol. The number of benzene rings is 4. The minimum Gasteiger partial charge on any atom is -0.457 e. The first-order chi connectivity index (χ1) is 17.1. The molecule has 6 nitrogen and oxygen atoms in total. The van der Waals surface area contributed by atoms with Gasteiger partial charge in [0.1, 0.15) is 18.0 Å². The quantitative estimate of drug-likeness (QED) is 0.274. The van der Waals surface area contributed by atoms with Gasteiger partial charge in [0.05, 0.1) is 6.21 Å². The van der Waals surface area contributed by atoms with E-state index in [-0.39, 0.29) is 12.5 Å². The Hall–Kier alpha value is -4.71. The highest BCUT2D eigenvalue weighted by atomic mass is 16.5. The molecule has 1 N–H and O–H groups in total. The standard InChI is InChI=1S/C29H25N3O3/c1-22-11-8-9-18-27(22)32(29(34)24-13-4-2-5-14-24)21-28(33)31-30-20-23-12-10-17-26(19-23)35-25-15-6-3-7-16-25/h2-20H,21H2,1H3,(H,31,33)/b30-20-. The minimum absolute atomic E-state index is 0.174. The van der Waals surface area contributed by atoms with Crippen LogP contribution in [0.3, 0.4) is 0 Å². The third-order valence-electron chi connectivity index (χ3n) is 5.21. The Bertz CT molecular complexity index is 1320. The van der Waals surface area contributed by atoms with Crippen LogP contribution in [-0.2, 0) is 4.79 Å². The zero-order valence-electron chi connectivity index (χ0n) is 19.3. The summed E-state index contributed by atoms with van der Waals surface area (Å²) in [6, 6.07) is 33.2. The second-order valence-corrected chi connectivity index (χ2v) is 7.82. The van der Waals surface area contributed by atoms with E-state index in [2.05, 4.69) is 10.5 Å². The molecule has 0 unspecified atom stereocenters. The van der Waals surface area contributed by atoms with E-state index in [0.29, 0.717) is 17.0 Å². The van der Waals surface area contributed by atoms with E-state index in [4.69, 9.17) is 4.74 Å². The number of aryl methyl sites for hydroxylation is 1. The van der Waals surface area contributed by atoms with Crippen molar-refractivity contribution in [3.63, 3.8) is 0 Å². The molecule has 2 amide bonds. The molecule has 4 aromatic rings. The summed E-state index contributed by atoms with van der Waals surface area (Å²) in [4.78, 5) is 27.4. The number of anilines is 1. The van der Waals surface area contributed by atoms with E-state index >= 15 is 0 Å². The fourth-order valence-corrected chi connectivity index (χ4v) is 3.51. The van der Waals surface area contributed by atoms with E-state index in [1.807, 2.05) is 91.9 Å². The lowest BCUT2D eigenvalue weighted by Gasteiger charge is -2.23. The molecule has 4 aromatic carbocycles. The summed E-state index contributed by atoms with van der Waals surface area (Å²) < 4.78 is 5.83. The van der Waals surface area contributed by atoms with E-state index < -0.39 is 5.91 Å². The average Bonchev–Trinajstić information content (AvgIpc) is 2.89. The normalized spacial score (nSPS) is 10.7. The molecule has 0 aliphatic rings. The molecule has 0 aromatic heterocycles. The number of hydrogen-bond acceptors (Lipinski definition) is 4. The van der Waals surface area contributed by atoms with Gasteiger partial charge in [0.2, 0.25) is 0 Å². The van der Waals surface area contributed by atoms with Gasteiger partial charge in [-0.3, -0.25) is 14.5 Å². The van der Waals surface area contributed by atoms with Gasteiger partial charge in [0.25, 0.3) is 11.8 Å². The number of nitrogens with one attached hydrogen (secondary N) is 1. The van der Waals surface area contributed by atoms with E-state index in [1.54, 1.807) is 24.3 Å². The summed E-state index contributed by atoms with van der Waals surface area (Å²) >= 11 is 0. The summed E-state index contributed by atoms with van der Waals surface area (Å²) in [5, 5.41) is 4.07. The highest BCUT2D eigenvalue weighted by Gasteiger charge is 2.21. The largest absolute Gasteiger partial charge is 0.457 e. The van der Waals surface area contributed by atoms with Crippen LogP contribution in [0.1, 0.15) is 21.5 Å². The molecule has 0 saturated heterocycles. The number of para-hydroxylation sites is 2.